The Morgan fingerprint density at radius 3 is 2.92 bits per heavy atom. The summed E-state index contributed by atoms with van der Waals surface area (Å²) in [6, 6.07) is 6.58. The number of aliphatic imine (C=N–C) groups is 1. The van der Waals surface area contributed by atoms with E-state index in [1.165, 1.54) is 22.0 Å². The lowest BCUT2D eigenvalue weighted by atomic mass is 10.1. The number of aromatic nitrogens is 1. The predicted molar refractivity (Wildman–Crippen MR) is 108 cm³/mol. The molecule has 0 unspecified atom stereocenters. The second kappa shape index (κ2) is 9.59. The maximum Gasteiger partial charge on any atom is 0.191 e. The van der Waals surface area contributed by atoms with E-state index in [4.69, 9.17) is 9.73 Å². The largest absolute Gasteiger partial charge is 0.379 e. The number of nitrogens with zero attached hydrogens (tertiary/aromatic N) is 2. The van der Waals surface area contributed by atoms with Crippen molar-refractivity contribution in [1.82, 2.24) is 20.5 Å². The van der Waals surface area contributed by atoms with Crippen molar-refractivity contribution in [3.05, 3.63) is 35.5 Å². The van der Waals surface area contributed by atoms with Crippen molar-refractivity contribution < 1.29 is 4.74 Å². The maximum atomic E-state index is 5.39. The topological polar surface area (TPSA) is 64.7 Å². The van der Waals surface area contributed by atoms with Crippen LogP contribution in [0.1, 0.15) is 18.1 Å². The molecule has 0 bridgehead atoms. The van der Waals surface area contributed by atoms with Crippen LogP contribution in [0.3, 0.4) is 0 Å². The van der Waals surface area contributed by atoms with Gasteiger partial charge in [0.1, 0.15) is 0 Å². The number of nitrogens with one attached hydrogen (secondary N) is 3. The number of aromatic amines is 1. The minimum absolute atomic E-state index is 0.807. The number of guanidine groups is 1. The first kappa shape index (κ1) is 18.7. The summed E-state index contributed by atoms with van der Waals surface area (Å²) in [4.78, 5) is 10.5. The van der Waals surface area contributed by atoms with Gasteiger partial charge in [-0.3, -0.25) is 9.89 Å². The van der Waals surface area contributed by atoms with Crippen LogP contribution in [0, 0.1) is 6.92 Å². The van der Waals surface area contributed by atoms with Crippen LogP contribution in [0.2, 0.25) is 0 Å². The van der Waals surface area contributed by atoms with Gasteiger partial charge in [-0.1, -0.05) is 12.1 Å². The van der Waals surface area contributed by atoms with Gasteiger partial charge in [-0.15, -0.1) is 0 Å². The molecule has 26 heavy (non-hydrogen) atoms. The van der Waals surface area contributed by atoms with Crippen LogP contribution in [-0.4, -0.2) is 68.3 Å². The lowest BCUT2D eigenvalue weighted by Crippen LogP contribution is -2.40. The maximum absolute atomic E-state index is 5.39. The van der Waals surface area contributed by atoms with Crippen molar-refractivity contribution in [3.63, 3.8) is 0 Å². The Hall–Kier alpha value is -2.05. The van der Waals surface area contributed by atoms with Crippen molar-refractivity contribution in [2.24, 2.45) is 4.99 Å². The average Bonchev–Trinajstić information content (AvgIpc) is 3.04. The molecule has 0 saturated carbocycles. The number of hydrogen-bond donors (Lipinski definition) is 3. The molecule has 0 spiro atoms. The fourth-order valence-corrected chi connectivity index (χ4v) is 3.29. The number of morpholine rings is 1. The van der Waals surface area contributed by atoms with Crippen LogP contribution < -0.4 is 10.6 Å². The number of hydrogen-bond acceptors (Lipinski definition) is 3. The molecule has 1 saturated heterocycles. The number of aryl methyl sites for hydroxylation is 1. The lowest BCUT2D eigenvalue weighted by Gasteiger charge is -2.25. The molecule has 1 aliphatic heterocycles. The highest BCUT2D eigenvalue weighted by Gasteiger charge is 2.09. The Bertz CT molecular complexity index is 718. The molecule has 6 heteroatoms. The number of H-pyrrole nitrogens is 1. The van der Waals surface area contributed by atoms with E-state index < -0.39 is 0 Å². The minimum atomic E-state index is 0.807. The van der Waals surface area contributed by atoms with E-state index in [-0.39, 0.29) is 0 Å². The first-order valence-corrected chi connectivity index (χ1v) is 9.65. The Labute approximate surface area is 156 Å². The van der Waals surface area contributed by atoms with Gasteiger partial charge in [-0.2, -0.15) is 0 Å². The summed E-state index contributed by atoms with van der Waals surface area (Å²) < 4.78 is 5.39. The van der Waals surface area contributed by atoms with E-state index in [1.54, 1.807) is 0 Å². The molecule has 0 radical (unpaired) electrons. The molecule has 6 nitrogen and oxygen atoms in total. The quantitative estimate of drug-likeness (QED) is 0.523. The molecule has 1 aromatic heterocycles. The Kier molecular flexibility index (Phi) is 6.91. The molecule has 0 aliphatic carbocycles. The van der Waals surface area contributed by atoms with Gasteiger partial charge in [-0.25, -0.2) is 0 Å². The monoisotopic (exact) mass is 357 g/mol. The minimum Gasteiger partial charge on any atom is -0.379 e. The summed E-state index contributed by atoms with van der Waals surface area (Å²) in [5.41, 5.74) is 3.84. The van der Waals surface area contributed by atoms with Crippen LogP contribution >= 0.6 is 0 Å². The highest BCUT2D eigenvalue weighted by Crippen LogP contribution is 2.19. The van der Waals surface area contributed by atoms with Gasteiger partial charge in [0.15, 0.2) is 5.96 Å². The van der Waals surface area contributed by atoms with Gasteiger partial charge < -0.3 is 20.4 Å². The van der Waals surface area contributed by atoms with E-state index in [0.29, 0.717) is 0 Å². The summed E-state index contributed by atoms with van der Waals surface area (Å²) >= 11 is 0. The van der Waals surface area contributed by atoms with Gasteiger partial charge in [0.2, 0.25) is 0 Å². The summed E-state index contributed by atoms with van der Waals surface area (Å²) in [6.07, 6.45) is 3.09. The molecule has 1 fully saturated rings. The van der Waals surface area contributed by atoms with Crippen LogP contribution in [0.4, 0.5) is 0 Å². The van der Waals surface area contributed by atoms with Crippen molar-refractivity contribution >= 4 is 16.9 Å². The molecule has 1 aliphatic rings. The zero-order chi connectivity index (χ0) is 18.2. The lowest BCUT2D eigenvalue weighted by molar-refractivity contribution is 0.0394. The summed E-state index contributed by atoms with van der Waals surface area (Å²) in [7, 11) is 0. The summed E-state index contributed by atoms with van der Waals surface area (Å²) in [6.45, 7) is 11.5. The Balaban J connectivity index is 1.48. The zero-order valence-electron chi connectivity index (χ0n) is 16.0. The highest BCUT2D eigenvalue weighted by molar-refractivity contribution is 5.84. The third kappa shape index (κ3) is 5.22. The smallest absolute Gasteiger partial charge is 0.191 e. The summed E-state index contributed by atoms with van der Waals surface area (Å²) in [5.74, 6) is 0.899. The van der Waals surface area contributed by atoms with Crippen molar-refractivity contribution in [2.45, 2.75) is 20.3 Å². The van der Waals surface area contributed by atoms with E-state index in [0.717, 1.165) is 64.9 Å². The molecule has 142 valence electrons. The molecule has 3 rings (SSSR count). The Morgan fingerprint density at radius 2 is 2.12 bits per heavy atom. The number of ether oxygens (including phenoxy) is 1. The Morgan fingerprint density at radius 1 is 1.27 bits per heavy atom. The normalized spacial score (nSPS) is 16.2. The van der Waals surface area contributed by atoms with Gasteiger partial charge >= 0.3 is 0 Å². The fraction of sp³-hybridized carbons (Fsp3) is 0.550. The SMILES string of the molecule is CCNC(=NCCN1CCOCC1)NCCc1c[nH]c2cc(C)ccc12. The number of rotatable bonds is 7. The molecule has 2 heterocycles. The highest BCUT2D eigenvalue weighted by atomic mass is 16.5. The van der Waals surface area contributed by atoms with E-state index in [2.05, 4.69) is 58.8 Å². The van der Waals surface area contributed by atoms with Crippen molar-refractivity contribution in [3.8, 4) is 0 Å². The zero-order valence-corrected chi connectivity index (χ0v) is 16.0. The molecule has 1 aromatic carbocycles. The molecular formula is C20H31N5O. The molecule has 2 aromatic rings. The summed E-state index contributed by atoms with van der Waals surface area (Å²) in [5, 5.41) is 8.10. The standard InChI is InChI=1S/C20H31N5O/c1-3-21-20(23-8-9-25-10-12-26-13-11-25)22-7-6-17-15-24-19-14-16(2)4-5-18(17)19/h4-5,14-15,24H,3,6-13H2,1-2H3,(H2,21,22,23). The average molecular weight is 358 g/mol. The number of benzene rings is 1. The first-order valence-electron chi connectivity index (χ1n) is 9.65. The van der Waals surface area contributed by atoms with E-state index in [1.807, 2.05) is 0 Å². The van der Waals surface area contributed by atoms with Crippen molar-refractivity contribution in [2.75, 3.05) is 52.5 Å². The molecule has 3 N–H and O–H groups in total. The third-order valence-corrected chi connectivity index (χ3v) is 4.74. The molecule has 0 atom stereocenters. The van der Waals surface area contributed by atoms with Crippen LogP contribution in [0.5, 0.6) is 0 Å². The van der Waals surface area contributed by atoms with Crippen LogP contribution in [0.25, 0.3) is 10.9 Å². The van der Waals surface area contributed by atoms with Gasteiger partial charge in [0, 0.05) is 49.8 Å². The van der Waals surface area contributed by atoms with Gasteiger partial charge in [0.05, 0.1) is 19.8 Å². The van der Waals surface area contributed by atoms with E-state index >= 15 is 0 Å². The predicted octanol–water partition coefficient (Wildman–Crippen LogP) is 1.91. The number of fused-ring (bicyclic) bond motifs is 1. The van der Waals surface area contributed by atoms with Gasteiger partial charge in [0.25, 0.3) is 0 Å². The van der Waals surface area contributed by atoms with E-state index in [9.17, 15) is 0 Å². The second-order valence-electron chi connectivity index (χ2n) is 6.75. The third-order valence-electron chi connectivity index (χ3n) is 4.74. The van der Waals surface area contributed by atoms with Gasteiger partial charge in [-0.05, 0) is 37.5 Å². The second-order valence-corrected chi connectivity index (χ2v) is 6.75. The van der Waals surface area contributed by atoms with Crippen molar-refractivity contribution in [1.29, 1.82) is 0 Å². The van der Waals surface area contributed by atoms with Crippen LogP contribution in [-0.2, 0) is 11.2 Å². The molecule has 0 amide bonds. The van der Waals surface area contributed by atoms with Crippen LogP contribution in [0.15, 0.2) is 29.4 Å². The molecular weight excluding hydrogens is 326 g/mol. The first-order chi connectivity index (χ1) is 12.8. The fourth-order valence-electron chi connectivity index (χ4n) is 3.29.